The third kappa shape index (κ3) is 2.43. The van der Waals surface area contributed by atoms with E-state index in [-0.39, 0.29) is 12.4 Å². The Balaban J connectivity index is 0.00000121. The van der Waals surface area contributed by atoms with Gasteiger partial charge >= 0.3 is 5.69 Å². The Labute approximate surface area is 75.4 Å². The number of aromatic nitrogens is 2. The summed E-state index contributed by atoms with van der Waals surface area (Å²) in [6, 6.07) is 1.52. The van der Waals surface area contributed by atoms with Crippen LogP contribution in [0.15, 0.2) is 17.1 Å². The predicted octanol–water partition coefficient (Wildman–Crippen LogP) is 0.334. The van der Waals surface area contributed by atoms with Gasteiger partial charge in [-0.05, 0) is 6.92 Å². The summed E-state index contributed by atoms with van der Waals surface area (Å²) in [6.07, 6.45) is 1.24. The number of nitrogens with one attached hydrogen (secondary N) is 1. The summed E-state index contributed by atoms with van der Waals surface area (Å²) >= 11 is 0. The summed E-state index contributed by atoms with van der Waals surface area (Å²) in [4.78, 5) is 14.2. The molecule has 68 valence electrons. The molecule has 0 saturated carbocycles. The van der Waals surface area contributed by atoms with Gasteiger partial charge in [0.25, 0.3) is 0 Å². The molecule has 0 radical (unpaired) electrons. The molecule has 0 saturated heterocycles. The molecule has 0 spiro atoms. The molecule has 5 nitrogen and oxygen atoms in total. The molecule has 0 atom stereocenters. The van der Waals surface area contributed by atoms with Crippen LogP contribution in [0.1, 0.15) is 6.92 Å². The van der Waals surface area contributed by atoms with Gasteiger partial charge in [-0.1, -0.05) is 0 Å². The molecule has 12 heavy (non-hydrogen) atoms. The molecule has 1 aromatic rings. The van der Waals surface area contributed by atoms with Crippen LogP contribution < -0.4 is 11.0 Å². The summed E-state index contributed by atoms with van der Waals surface area (Å²) < 4.78 is 0.431. The number of anilines is 1. The van der Waals surface area contributed by atoms with E-state index in [0.717, 1.165) is 0 Å². The van der Waals surface area contributed by atoms with E-state index < -0.39 is 5.69 Å². The Bertz CT molecular complexity index is 299. The average molecular weight is 192 g/mol. The molecule has 0 aliphatic rings. The molecule has 0 fully saturated rings. The van der Waals surface area contributed by atoms with Gasteiger partial charge in [0.1, 0.15) is 5.82 Å². The summed E-state index contributed by atoms with van der Waals surface area (Å²) in [7, 11) is 0. The SMILES string of the molecule is CCNc1ccn(O)c(=O)n1.Cl. The number of nitrogens with zero attached hydrogens (tertiary/aromatic N) is 2. The molecule has 2 N–H and O–H groups in total. The van der Waals surface area contributed by atoms with E-state index in [4.69, 9.17) is 5.21 Å². The highest BCUT2D eigenvalue weighted by Gasteiger charge is 1.94. The van der Waals surface area contributed by atoms with Crippen molar-refractivity contribution in [3.05, 3.63) is 22.7 Å². The van der Waals surface area contributed by atoms with Gasteiger partial charge < -0.3 is 10.5 Å². The zero-order chi connectivity index (χ0) is 8.27. The first-order valence-corrected chi connectivity index (χ1v) is 3.27. The van der Waals surface area contributed by atoms with Crippen LogP contribution >= 0.6 is 12.4 Å². The Morgan fingerprint density at radius 1 is 1.75 bits per heavy atom. The van der Waals surface area contributed by atoms with Crippen molar-refractivity contribution in [3.63, 3.8) is 0 Å². The molecular weight excluding hydrogens is 182 g/mol. The maximum Gasteiger partial charge on any atom is 0.382 e. The van der Waals surface area contributed by atoms with Crippen LogP contribution in [0.2, 0.25) is 0 Å². The molecule has 0 amide bonds. The van der Waals surface area contributed by atoms with Crippen LogP contribution in [-0.2, 0) is 0 Å². The van der Waals surface area contributed by atoms with Gasteiger partial charge in [0, 0.05) is 12.6 Å². The highest BCUT2D eigenvalue weighted by atomic mass is 35.5. The first-order valence-electron chi connectivity index (χ1n) is 3.27. The van der Waals surface area contributed by atoms with E-state index in [9.17, 15) is 4.79 Å². The fraction of sp³-hybridized carbons (Fsp3) is 0.333. The second-order valence-electron chi connectivity index (χ2n) is 1.97. The fourth-order valence-electron chi connectivity index (χ4n) is 0.676. The molecule has 1 heterocycles. The molecule has 0 aliphatic heterocycles. The zero-order valence-electron chi connectivity index (χ0n) is 6.52. The second kappa shape index (κ2) is 4.61. The maximum atomic E-state index is 10.7. The van der Waals surface area contributed by atoms with Crippen molar-refractivity contribution in [1.29, 1.82) is 0 Å². The minimum atomic E-state index is -0.677. The van der Waals surface area contributed by atoms with Crippen molar-refractivity contribution in [3.8, 4) is 0 Å². The van der Waals surface area contributed by atoms with E-state index >= 15 is 0 Å². The van der Waals surface area contributed by atoms with Gasteiger partial charge in [-0.15, -0.1) is 17.1 Å². The number of hydrogen-bond donors (Lipinski definition) is 2. The lowest BCUT2D eigenvalue weighted by Gasteiger charge is -2.00. The molecule has 0 bridgehead atoms. The third-order valence-corrected chi connectivity index (χ3v) is 1.14. The van der Waals surface area contributed by atoms with Crippen molar-refractivity contribution in [2.24, 2.45) is 0 Å². The van der Waals surface area contributed by atoms with Gasteiger partial charge in [0.15, 0.2) is 0 Å². The number of halogens is 1. The smallest absolute Gasteiger partial charge is 0.382 e. The minimum Gasteiger partial charge on any atom is -0.424 e. The molecule has 1 rings (SSSR count). The quantitative estimate of drug-likeness (QED) is 0.662. The largest absolute Gasteiger partial charge is 0.424 e. The standard InChI is InChI=1S/C6H9N3O2.ClH/c1-2-7-5-3-4-9(11)6(10)8-5;/h3-4,11H,2H2,1H3,(H,7,8,10);1H. The highest BCUT2D eigenvalue weighted by molar-refractivity contribution is 5.85. The molecule has 0 unspecified atom stereocenters. The first-order chi connectivity index (χ1) is 5.24. The van der Waals surface area contributed by atoms with E-state index in [1.54, 1.807) is 0 Å². The van der Waals surface area contributed by atoms with Crippen LogP contribution in [0.25, 0.3) is 0 Å². The van der Waals surface area contributed by atoms with Gasteiger partial charge in [-0.25, -0.2) is 4.79 Å². The summed E-state index contributed by atoms with van der Waals surface area (Å²) in [5.41, 5.74) is -0.677. The minimum absolute atomic E-state index is 0. The molecule has 6 heteroatoms. The predicted molar refractivity (Wildman–Crippen MR) is 47.1 cm³/mol. The van der Waals surface area contributed by atoms with E-state index in [1.165, 1.54) is 12.3 Å². The van der Waals surface area contributed by atoms with Crippen LogP contribution in [0.3, 0.4) is 0 Å². The Hall–Kier alpha value is -1.23. The number of hydrogen-bond acceptors (Lipinski definition) is 4. The summed E-state index contributed by atoms with van der Waals surface area (Å²) in [5.74, 6) is 0.475. The Morgan fingerprint density at radius 2 is 2.42 bits per heavy atom. The summed E-state index contributed by atoms with van der Waals surface area (Å²) in [5, 5.41) is 11.6. The Morgan fingerprint density at radius 3 is 2.92 bits per heavy atom. The summed E-state index contributed by atoms with van der Waals surface area (Å²) in [6.45, 7) is 2.59. The van der Waals surface area contributed by atoms with Gasteiger partial charge in [0.2, 0.25) is 0 Å². The molecular formula is C6H10ClN3O2. The lowest BCUT2D eigenvalue weighted by Crippen LogP contribution is -2.21. The van der Waals surface area contributed by atoms with E-state index in [0.29, 0.717) is 17.1 Å². The van der Waals surface area contributed by atoms with Crippen molar-refractivity contribution in [2.45, 2.75) is 6.92 Å². The van der Waals surface area contributed by atoms with Crippen molar-refractivity contribution >= 4 is 18.2 Å². The maximum absolute atomic E-state index is 10.7. The van der Waals surface area contributed by atoms with Crippen LogP contribution in [0.5, 0.6) is 0 Å². The van der Waals surface area contributed by atoms with Gasteiger partial charge in [0.05, 0.1) is 6.20 Å². The average Bonchev–Trinajstić information content (AvgIpc) is 1.98. The topological polar surface area (TPSA) is 67.2 Å². The van der Waals surface area contributed by atoms with Crippen LogP contribution in [-0.4, -0.2) is 21.5 Å². The lowest BCUT2D eigenvalue weighted by molar-refractivity contribution is 0.170. The van der Waals surface area contributed by atoms with Crippen molar-refractivity contribution in [2.75, 3.05) is 11.9 Å². The zero-order valence-corrected chi connectivity index (χ0v) is 7.34. The van der Waals surface area contributed by atoms with Crippen LogP contribution in [0.4, 0.5) is 5.82 Å². The fourth-order valence-corrected chi connectivity index (χ4v) is 0.676. The molecule has 0 aromatic carbocycles. The van der Waals surface area contributed by atoms with Crippen molar-refractivity contribution in [1.82, 2.24) is 9.71 Å². The molecule has 1 aromatic heterocycles. The lowest BCUT2D eigenvalue weighted by atomic mass is 10.5. The third-order valence-electron chi connectivity index (χ3n) is 1.14. The van der Waals surface area contributed by atoms with Gasteiger partial charge in [-0.3, -0.25) is 0 Å². The first kappa shape index (κ1) is 10.8. The number of rotatable bonds is 2. The monoisotopic (exact) mass is 191 g/mol. The second-order valence-corrected chi connectivity index (χ2v) is 1.97. The molecule has 0 aliphatic carbocycles. The van der Waals surface area contributed by atoms with E-state index in [2.05, 4.69) is 10.3 Å². The van der Waals surface area contributed by atoms with Crippen LogP contribution in [0, 0.1) is 0 Å². The van der Waals surface area contributed by atoms with E-state index in [1.807, 2.05) is 6.92 Å². The van der Waals surface area contributed by atoms with Gasteiger partial charge in [-0.2, -0.15) is 4.98 Å². The Kier molecular flexibility index (Phi) is 4.14. The highest BCUT2D eigenvalue weighted by Crippen LogP contribution is 1.94. The normalized spacial score (nSPS) is 8.75. The van der Waals surface area contributed by atoms with Crippen molar-refractivity contribution < 1.29 is 5.21 Å².